The molecule has 0 atom stereocenters. The first-order valence-corrected chi connectivity index (χ1v) is 6.44. The van der Waals surface area contributed by atoms with Crippen LogP contribution in [-0.4, -0.2) is 31.3 Å². The Morgan fingerprint density at radius 2 is 2.00 bits per heavy atom. The van der Waals surface area contributed by atoms with Crippen molar-refractivity contribution in [3.8, 4) is 0 Å². The van der Waals surface area contributed by atoms with E-state index in [0.717, 1.165) is 5.56 Å². The Kier molecular flexibility index (Phi) is 3.82. The standard InChI is InChI=1S/C14H11FN6O/c15-11-3-1-9(2-4-11)7-12-18-14(21-20-12)19-13(22)10-5-6-16-17-8-10/h1-6,8H,7H2,(H2,18,19,20,21,22). The van der Waals surface area contributed by atoms with Gasteiger partial charge in [-0.2, -0.15) is 15.2 Å². The second-order valence-electron chi connectivity index (χ2n) is 4.49. The molecule has 3 aromatic rings. The SMILES string of the molecule is O=C(Nc1n[nH]c(Cc2ccc(F)cc2)n1)c1ccnnc1. The van der Waals surface area contributed by atoms with Gasteiger partial charge < -0.3 is 0 Å². The Morgan fingerprint density at radius 3 is 2.73 bits per heavy atom. The number of nitrogens with one attached hydrogen (secondary N) is 2. The summed E-state index contributed by atoms with van der Waals surface area (Å²) in [5.41, 5.74) is 1.24. The topological polar surface area (TPSA) is 96.5 Å². The highest BCUT2D eigenvalue weighted by atomic mass is 19.1. The molecule has 0 fully saturated rings. The van der Waals surface area contributed by atoms with Crippen LogP contribution in [0, 0.1) is 5.82 Å². The van der Waals surface area contributed by atoms with E-state index in [2.05, 4.69) is 30.7 Å². The molecular formula is C14H11FN6O. The summed E-state index contributed by atoms with van der Waals surface area (Å²) in [5, 5.41) is 16.4. The van der Waals surface area contributed by atoms with Crippen molar-refractivity contribution in [2.24, 2.45) is 0 Å². The van der Waals surface area contributed by atoms with Gasteiger partial charge in [-0.3, -0.25) is 15.2 Å². The molecule has 2 N–H and O–H groups in total. The van der Waals surface area contributed by atoms with Crippen LogP contribution >= 0.6 is 0 Å². The number of hydrogen-bond donors (Lipinski definition) is 2. The second kappa shape index (κ2) is 6.08. The fourth-order valence-corrected chi connectivity index (χ4v) is 1.82. The molecule has 0 radical (unpaired) electrons. The summed E-state index contributed by atoms with van der Waals surface area (Å²) in [4.78, 5) is 16.1. The quantitative estimate of drug-likeness (QED) is 0.762. The summed E-state index contributed by atoms with van der Waals surface area (Å²) in [6.07, 6.45) is 3.23. The third-order valence-electron chi connectivity index (χ3n) is 2.89. The number of carbonyl (C=O) groups excluding carboxylic acids is 1. The molecule has 0 aliphatic heterocycles. The molecule has 1 amide bonds. The number of carbonyl (C=O) groups is 1. The molecule has 7 nitrogen and oxygen atoms in total. The Bertz CT molecular complexity index is 772. The second-order valence-corrected chi connectivity index (χ2v) is 4.49. The summed E-state index contributed by atoms with van der Waals surface area (Å²) in [5.74, 6) is 0.0659. The van der Waals surface area contributed by atoms with Gasteiger partial charge in [0.2, 0.25) is 5.95 Å². The number of halogens is 1. The number of hydrogen-bond acceptors (Lipinski definition) is 5. The summed E-state index contributed by atoms with van der Waals surface area (Å²) in [7, 11) is 0. The molecule has 8 heteroatoms. The highest BCUT2D eigenvalue weighted by molar-refractivity contribution is 6.02. The van der Waals surface area contributed by atoms with E-state index in [9.17, 15) is 9.18 Å². The first-order valence-electron chi connectivity index (χ1n) is 6.44. The number of nitrogens with zero attached hydrogens (tertiary/aromatic N) is 4. The highest BCUT2D eigenvalue weighted by Crippen LogP contribution is 2.09. The molecule has 0 unspecified atom stereocenters. The number of anilines is 1. The minimum Gasteiger partial charge on any atom is -0.289 e. The summed E-state index contributed by atoms with van der Waals surface area (Å²) < 4.78 is 12.8. The lowest BCUT2D eigenvalue weighted by atomic mass is 10.1. The van der Waals surface area contributed by atoms with Gasteiger partial charge in [-0.1, -0.05) is 12.1 Å². The predicted molar refractivity (Wildman–Crippen MR) is 75.6 cm³/mol. The predicted octanol–water partition coefficient (Wildman–Crippen LogP) is 1.58. The van der Waals surface area contributed by atoms with Crippen molar-refractivity contribution in [1.29, 1.82) is 0 Å². The Hall–Kier alpha value is -3.16. The molecule has 0 saturated heterocycles. The zero-order chi connectivity index (χ0) is 15.4. The molecule has 0 aliphatic carbocycles. The Morgan fingerprint density at radius 1 is 1.18 bits per heavy atom. The molecule has 0 saturated carbocycles. The van der Waals surface area contributed by atoms with Crippen LogP contribution in [-0.2, 0) is 6.42 Å². The maximum Gasteiger partial charge on any atom is 0.259 e. The van der Waals surface area contributed by atoms with E-state index in [0.29, 0.717) is 17.8 Å². The van der Waals surface area contributed by atoms with Gasteiger partial charge in [0.1, 0.15) is 11.6 Å². The molecule has 22 heavy (non-hydrogen) atoms. The van der Waals surface area contributed by atoms with Gasteiger partial charge in [0.15, 0.2) is 0 Å². The average molecular weight is 298 g/mol. The Labute approximate surface area is 124 Å². The first kappa shape index (κ1) is 13.8. The number of amides is 1. The van der Waals surface area contributed by atoms with Gasteiger partial charge in [-0.05, 0) is 23.8 Å². The van der Waals surface area contributed by atoms with Crippen LogP contribution in [0.5, 0.6) is 0 Å². The lowest BCUT2D eigenvalue weighted by Gasteiger charge is -1.99. The third-order valence-corrected chi connectivity index (χ3v) is 2.89. The van der Waals surface area contributed by atoms with Gasteiger partial charge >= 0.3 is 0 Å². The van der Waals surface area contributed by atoms with Gasteiger partial charge in [0, 0.05) is 6.42 Å². The van der Waals surface area contributed by atoms with Crippen LogP contribution in [0.2, 0.25) is 0 Å². The van der Waals surface area contributed by atoms with E-state index in [-0.39, 0.29) is 17.7 Å². The molecule has 110 valence electrons. The number of aromatic nitrogens is 5. The molecule has 0 spiro atoms. The number of rotatable bonds is 4. The van der Waals surface area contributed by atoms with Crippen LogP contribution < -0.4 is 5.32 Å². The summed E-state index contributed by atoms with van der Waals surface area (Å²) in [6.45, 7) is 0. The molecule has 1 aromatic carbocycles. The fraction of sp³-hybridized carbons (Fsp3) is 0.0714. The normalized spacial score (nSPS) is 10.4. The molecule has 3 rings (SSSR count). The van der Waals surface area contributed by atoms with Crippen LogP contribution in [0.25, 0.3) is 0 Å². The Balaban J connectivity index is 1.66. The van der Waals surface area contributed by atoms with Crippen LogP contribution in [0.4, 0.5) is 10.3 Å². The highest BCUT2D eigenvalue weighted by Gasteiger charge is 2.10. The average Bonchev–Trinajstić information content (AvgIpc) is 2.97. The van der Waals surface area contributed by atoms with E-state index in [1.165, 1.54) is 30.6 Å². The van der Waals surface area contributed by atoms with E-state index >= 15 is 0 Å². The van der Waals surface area contributed by atoms with Gasteiger partial charge in [0.25, 0.3) is 5.91 Å². The largest absolute Gasteiger partial charge is 0.289 e. The minimum atomic E-state index is -0.373. The molecule has 0 bridgehead atoms. The first-order chi connectivity index (χ1) is 10.7. The zero-order valence-electron chi connectivity index (χ0n) is 11.3. The van der Waals surface area contributed by atoms with E-state index in [1.807, 2.05) is 0 Å². The monoisotopic (exact) mass is 298 g/mol. The van der Waals surface area contributed by atoms with E-state index in [1.54, 1.807) is 12.1 Å². The molecule has 2 heterocycles. The zero-order valence-corrected chi connectivity index (χ0v) is 11.3. The third kappa shape index (κ3) is 3.29. The van der Waals surface area contributed by atoms with E-state index < -0.39 is 0 Å². The van der Waals surface area contributed by atoms with Gasteiger partial charge in [-0.15, -0.1) is 5.10 Å². The van der Waals surface area contributed by atoms with Gasteiger partial charge in [-0.25, -0.2) is 4.39 Å². The van der Waals surface area contributed by atoms with E-state index in [4.69, 9.17) is 0 Å². The van der Waals surface area contributed by atoms with Crippen molar-refractivity contribution in [3.63, 3.8) is 0 Å². The van der Waals surface area contributed by atoms with Crippen LogP contribution in [0.15, 0.2) is 42.7 Å². The van der Waals surface area contributed by atoms with Crippen molar-refractivity contribution in [2.45, 2.75) is 6.42 Å². The van der Waals surface area contributed by atoms with Crippen molar-refractivity contribution < 1.29 is 9.18 Å². The van der Waals surface area contributed by atoms with Crippen molar-refractivity contribution in [1.82, 2.24) is 25.4 Å². The number of benzene rings is 1. The minimum absolute atomic E-state index is 0.166. The maximum absolute atomic E-state index is 12.8. The molecule has 2 aromatic heterocycles. The number of H-pyrrole nitrogens is 1. The molecular weight excluding hydrogens is 287 g/mol. The molecule has 0 aliphatic rings. The fourth-order valence-electron chi connectivity index (χ4n) is 1.82. The lowest BCUT2D eigenvalue weighted by Crippen LogP contribution is -2.13. The lowest BCUT2D eigenvalue weighted by molar-refractivity contribution is 0.102. The van der Waals surface area contributed by atoms with Crippen LogP contribution in [0.3, 0.4) is 0 Å². The van der Waals surface area contributed by atoms with Gasteiger partial charge in [0.05, 0.1) is 18.0 Å². The van der Waals surface area contributed by atoms with Crippen molar-refractivity contribution >= 4 is 11.9 Å². The van der Waals surface area contributed by atoms with Crippen molar-refractivity contribution in [2.75, 3.05) is 5.32 Å². The summed E-state index contributed by atoms with van der Waals surface area (Å²) in [6, 6.07) is 7.63. The van der Waals surface area contributed by atoms with Crippen LogP contribution in [0.1, 0.15) is 21.7 Å². The van der Waals surface area contributed by atoms with Crippen molar-refractivity contribution in [3.05, 3.63) is 65.5 Å². The number of aromatic amines is 1. The smallest absolute Gasteiger partial charge is 0.259 e. The summed E-state index contributed by atoms with van der Waals surface area (Å²) >= 11 is 0. The maximum atomic E-state index is 12.8.